The molecule has 0 unspecified atom stereocenters. The Morgan fingerprint density at radius 1 is 1.15 bits per heavy atom. The van der Waals surface area contributed by atoms with Gasteiger partial charge in [0.1, 0.15) is 5.60 Å². The van der Waals surface area contributed by atoms with Gasteiger partial charge in [-0.15, -0.1) is 12.4 Å². The monoisotopic (exact) mass is 304 g/mol. The molecule has 4 nitrogen and oxygen atoms in total. The Morgan fingerprint density at radius 2 is 1.70 bits per heavy atom. The van der Waals surface area contributed by atoms with E-state index in [9.17, 15) is 4.79 Å². The third-order valence-electron chi connectivity index (χ3n) is 4.89. The Kier molecular flexibility index (Phi) is 6.29. The van der Waals surface area contributed by atoms with Crippen LogP contribution in [0.25, 0.3) is 0 Å². The van der Waals surface area contributed by atoms with Gasteiger partial charge >= 0.3 is 0 Å². The number of hydrogen-bond acceptors (Lipinski definition) is 3. The van der Waals surface area contributed by atoms with Crippen LogP contribution in [0, 0.1) is 5.41 Å². The van der Waals surface area contributed by atoms with Crippen molar-refractivity contribution < 1.29 is 9.53 Å². The van der Waals surface area contributed by atoms with Crippen molar-refractivity contribution in [3.8, 4) is 0 Å². The summed E-state index contributed by atoms with van der Waals surface area (Å²) in [6.45, 7) is 6.35. The lowest BCUT2D eigenvalue weighted by Gasteiger charge is -2.39. The van der Waals surface area contributed by atoms with Gasteiger partial charge in [0.25, 0.3) is 5.91 Å². The zero-order valence-electron chi connectivity index (χ0n) is 13.0. The lowest BCUT2D eigenvalue weighted by molar-refractivity contribution is -0.147. The molecule has 5 heteroatoms. The zero-order chi connectivity index (χ0) is 13.9. The van der Waals surface area contributed by atoms with E-state index in [-0.39, 0.29) is 18.3 Å². The highest BCUT2D eigenvalue weighted by molar-refractivity contribution is 5.86. The first-order valence-electron chi connectivity index (χ1n) is 7.54. The number of piperidine rings is 1. The molecule has 2 fully saturated rings. The van der Waals surface area contributed by atoms with Gasteiger partial charge in [0.15, 0.2) is 0 Å². The van der Waals surface area contributed by atoms with Crippen molar-refractivity contribution in [3.05, 3.63) is 0 Å². The third-order valence-corrected chi connectivity index (χ3v) is 4.89. The molecule has 1 heterocycles. The Bertz CT molecular complexity index is 318. The number of amides is 1. The maximum Gasteiger partial charge on any atom is 0.252 e. The quantitative estimate of drug-likeness (QED) is 0.841. The molecule has 1 saturated carbocycles. The molecule has 1 aliphatic heterocycles. The zero-order valence-corrected chi connectivity index (χ0v) is 13.8. The second-order valence-corrected chi connectivity index (χ2v) is 6.86. The first-order valence-corrected chi connectivity index (χ1v) is 7.54. The van der Waals surface area contributed by atoms with Crippen molar-refractivity contribution in [2.24, 2.45) is 5.41 Å². The second kappa shape index (κ2) is 7.10. The highest BCUT2D eigenvalue weighted by Crippen LogP contribution is 2.35. The lowest BCUT2D eigenvalue weighted by Crippen LogP contribution is -2.56. The molecule has 0 bridgehead atoms. The molecule has 20 heavy (non-hydrogen) atoms. The van der Waals surface area contributed by atoms with Crippen molar-refractivity contribution in [1.29, 1.82) is 0 Å². The predicted molar refractivity (Wildman–Crippen MR) is 83.3 cm³/mol. The van der Waals surface area contributed by atoms with Crippen LogP contribution in [0.3, 0.4) is 0 Å². The number of methoxy groups -OCH3 is 1. The molecule has 1 aliphatic carbocycles. The SMILES string of the molecule is COC1(C(=O)NC2CCC(C)(C)CC2)CCNCC1.Cl. The molecule has 0 spiro atoms. The first-order chi connectivity index (χ1) is 8.97. The Hall–Kier alpha value is -0.320. The molecular weight excluding hydrogens is 276 g/mol. The van der Waals surface area contributed by atoms with Crippen LogP contribution in [0.4, 0.5) is 0 Å². The average molecular weight is 305 g/mol. The summed E-state index contributed by atoms with van der Waals surface area (Å²) < 4.78 is 5.57. The van der Waals surface area contributed by atoms with E-state index in [1.807, 2.05) is 0 Å². The molecular formula is C15H29ClN2O2. The standard InChI is InChI=1S/C15H28N2O2.ClH/c1-14(2)6-4-12(5-7-14)17-13(18)15(19-3)8-10-16-11-9-15;/h12,16H,4-11H2,1-3H3,(H,17,18);1H. The van der Waals surface area contributed by atoms with Crippen LogP contribution in [0.15, 0.2) is 0 Å². The van der Waals surface area contributed by atoms with Crippen molar-refractivity contribution in [2.75, 3.05) is 20.2 Å². The molecule has 2 rings (SSSR count). The van der Waals surface area contributed by atoms with Gasteiger partial charge in [-0.2, -0.15) is 0 Å². The Morgan fingerprint density at radius 3 is 2.20 bits per heavy atom. The van der Waals surface area contributed by atoms with E-state index >= 15 is 0 Å². The van der Waals surface area contributed by atoms with E-state index in [4.69, 9.17) is 4.74 Å². The van der Waals surface area contributed by atoms with Gasteiger partial charge in [-0.05, 0) is 57.0 Å². The summed E-state index contributed by atoms with van der Waals surface area (Å²) in [5.74, 6) is 0.0983. The highest BCUT2D eigenvalue weighted by Gasteiger charge is 2.41. The van der Waals surface area contributed by atoms with Crippen LogP contribution in [0.2, 0.25) is 0 Å². The fourth-order valence-corrected chi connectivity index (χ4v) is 3.22. The van der Waals surface area contributed by atoms with Crippen LogP contribution in [-0.4, -0.2) is 37.7 Å². The van der Waals surface area contributed by atoms with Gasteiger partial charge in [0.05, 0.1) is 0 Å². The van der Waals surface area contributed by atoms with Crippen LogP contribution in [0.5, 0.6) is 0 Å². The Balaban J connectivity index is 0.00000200. The summed E-state index contributed by atoms with van der Waals surface area (Å²) in [6, 6.07) is 0.336. The van der Waals surface area contributed by atoms with E-state index in [1.54, 1.807) is 7.11 Å². The summed E-state index contributed by atoms with van der Waals surface area (Å²) in [6.07, 6.45) is 6.12. The summed E-state index contributed by atoms with van der Waals surface area (Å²) in [5.41, 5.74) is -0.160. The van der Waals surface area contributed by atoms with Crippen molar-refractivity contribution in [1.82, 2.24) is 10.6 Å². The van der Waals surface area contributed by atoms with Crippen LogP contribution < -0.4 is 10.6 Å². The Labute approximate surface area is 128 Å². The van der Waals surface area contributed by atoms with Crippen LogP contribution >= 0.6 is 12.4 Å². The summed E-state index contributed by atoms with van der Waals surface area (Å²) in [7, 11) is 1.66. The second-order valence-electron chi connectivity index (χ2n) is 6.86. The minimum Gasteiger partial charge on any atom is -0.368 e. The van der Waals surface area contributed by atoms with E-state index in [2.05, 4.69) is 24.5 Å². The predicted octanol–water partition coefficient (Wildman–Crippen LogP) is 2.26. The minimum absolute atomic E-state index is 0. The number of halogens is 1. The topological polar surface area (TPSA) is 50.4 Å². The molecule has 118 valence electrons. The first kappa shape index (κ1) is 17.7. The van der Waals surface area contributed by atoms with Crippen molar-refractivity contribution >= 4 is 18.3 Å². The number of rotatable bonds is 3. The molecule has 2 N–H and O–H groups in total. The van der Waals surface area contributed by atoms with Crippen LogP contribution in [-0.2, 0) is 9.53 Å². The van der Waals surface area contributed by atoms with Gasteiger partial charge in [0, 0.05) is 13.2 Å². The number of ether oxygens (including phenoxy) is 1. The van der Waals surface area contributed by atoms with Gasteiger partial charge in [-0.25, -0.2) is 0 Å². The summed E-state index contributed by atoms with van der Waals surface area (Å²) in [5, 5.41) is 6.51. The lowest BCUT2D eigenvalue weighted by atomic mass is 9.75. The molecule has 0 atom stereocenters. The van der Waals surface area contributed by atoms with E-state index in [1.165, 1.54) is 12.8 Å². The summed E-state index contributed by atoms with van der Waals surface area (Å²) >= 11 is 0. The van der Waals surface area contributed by atoms with E-state index < -0.39 is 5.60 Å². The molecule has 0 aromatic carbocycles. The average Bonchev–Trinajstić information content (AvgIpc) is 2.42. The maximum atomic E-state index is 12.5. The highest BCUT2D eigenvalue weighted by atomic mass is 35.5. The molecule has 1 saturated heterocycles. The fourth-order valence-electron chi connectivity index (χ4n) is 3.22. The van der Waals surface area contributed by atoms with Crippen molar-refractivity contribution in [3.63, 3.8) is 0 Å². The molecule has 0 radical (unpaired) electrons. The molecule has 0 aromatic rings. The van der Waals surface area contributed by atoms with Crippen LogP contribution in [0.1, 0.15) is 52.4 Å². The minimum atomic E-state index is -0.599. The van der Waals surface area contributed by atoms with E-state index in [0.29, 0.717) is 11.5 Å². The molecule has 2 aliphatic rings. The number of hydrogen-bond donors (Lipinski definition) is 2. The third kappa shape index (κ3) is 4.09. The van der Waals surface area contributed by atoms with Gasteiger partial charge < -0.3 is 15.4 Å². The molecule has 0 aromatic heterocycles. The van der Waals surface area contributed by atoms with E-state index in [0.717, 1.165) is 38.8 Å². The normalized spacial score (nSPS) is 25.6. The number of carbonyl (C=O) groups is 1. The molecule has 1 amide bonds. The van der Waals surface area contributed by atoms with Crippen molar-refractivity contribution in [2.45, 2.75) is 64.0 Å². The number of nitrogens with one attached hydrogen (secondary N) is 2. The van der Waals surface area contributed by atoms with Gasteiger partial charge in [0.2, 0.25) is 0 Å². The largest absolute Gasteiger partial charge is 0.368 e. The maximum absolute atomic E-state index is 12.5. The summed E-state index contributed by atoms with van der Waals surface area (Å²) in [4.78, 5) is 12.5. The fraction of sp³-hybridized carbons (Fsp3) is 0.933. The number of carbonyl (C=O) groups excluding carboxylic acids is 1. The smallest absolute Gasteiger partial charge is 0.252 e. The van der Waals surface area contributed by atoms with Gasteiger partial charge in [-0.3, -0.25) is 4.79 Å². The van der Waals surface area contributed by atoms with Gasteiger partial charge in [-0.1, -0.05) is 13.8 Å².